The summed E-state index contributed by atoms with van der Waals surface area (Å²) in [5, 5.41) is 25.8. The van der Waals surface area contributed by atoms with Gasteiger partial charge in [0, 0.05) is 48.9 Å². The van der Waals surface area contributed by atoms with Crippen molar-refractivity contribution in [2.75, 3.05) is 46.6 Å². The molecule has 3 aromatic rings. The quantitative estimate of drug-likeness (QED) is 0.236. The van der Waals surface area contributed by atoms with Crippen LogP contribution in [0.25, 0.3) is 0 Å². The molecule has 0 amide bonds. The predicted molar refractivity (Wildman–Crippen MR) is 147 cm³/mol. The van der Waals surface area contributed by atoms with Crippen LogP contribution >= 0.6 is 0 Å². The summed E-state index contributed by atoms with van der Waals surface area (Å²) in [6.07, 6.45) is 0. The molecule has 0 fully saturated rings. The van der Waals surface area contributed by atoms with Gasteiger partial charge in [-0.25, -0.2) is 9.59 Å². The van der Waals surface area contributed by atoms with Crippen LogP contribution < -0.4 is 20.4 Å². The van der Waals surface area contributed by atoms with Gasteiger partial charge in [-0.15, -0.1) is 0 Å². The van der Waals surface area contributed by atoms with E-state index < -0.39 is 11.9 Å². The maximum Gasteiger partial charge on any atom is 0.336 e. The molecule has 0 aliphatic rings. The monoisotopic (exact) mass is 490 g/mol. The first-order chi connectivity index (χ1) is 17.3. The summed E-state index contributed by atoms with van der Waals surface area (Å²) >= 11 is 0. The van der Waals surface area contributed by atoms with E-state index >= 15 is 0 Å². The third-order valence-electron chi connectivity index (χ3n) is 6.17. The number of hydrogen-bond donors (Lipinski definition) is 4. The predicted octanol–water partition coefficient (Wildman–Crippen LogP) is 6.26. The molecule has 3 rings (SSSR count). The molecule has 0 unspecified atom stereocenters. The van der Waals surface area contributed by atoms with Crippen molar-refractivity contribution in [3.05, 3.63) is 71.8 Å². The molecular weight excluding hydrogens is 456 g/mol. The van der Waals surface area contributed by atoms with Crippen LogP contribution in [0.3, 0.4) is 0 Å². The minimum Gasteiger partial charge on any atom is -0.478 e. The summed E-state index contributed by atoms with van der Waals surface area (Å²) in [5.41, 5.74) is 4.03. The Morgan fingerprint density at radius 2 is 0.917 bits per heavy atom. The molecule has 0 saturated heterocycles. The van der Waals surface area contributed by atoms with E-state index in [4.69, 9.17) is 0 Å². The molecule has 8 nitrogen and oxygen atoms in total. The second kappa shape index (κ2) is 12.0. The van der Waals surface area contributed by atoms with Crippen molar-refractivity contribution in [2.24, 2.45) is 0 Å². The molecule has 36 heavy (non-hydrogen) atoms. The van der Waals surface area contributed by atoms with Crippen LogP contribution in [0.4, 0.5) is 34.1 Å². The molecule has 3 aromatic carbocycles. The number of aromatic carboxylic acids is 2. The van der Waals surface area contributed by atoms with E-state index in [2.05, 4.69) is 48.1 Å². The molecule has 0 radical (unpaired) electrons. The molecule has 190 valence electrons. The van der Waals surface area contributed by atoms with Gasteiger partial charge in [0.15, 0.2) is 0 Å². The van der Waals surface area contributed by atoms with Gasteiger partial charge in [-0.1, -0.05) is 0 Å². The summed E-state index contributed by atoms with van der Waals surface area (Å²) < 4.78 is 0. The Hall–Kier alpha value is -4.20. The number of carboxylic acid groups (broad SMARTS) is 2. The Balaban J connectivity index is 1.98. The Kier molecular flexibility index (Phi) is 8.78. The first-order valence-electron chi connectivity index (χ1n) is 12.2. The minimum atomic E-state index is -1.30. The lowest BCUT2D eigenvalue weighted by molar-refractivity contribution is 0.0651. The highest BCUT2D eigenvalue weighted by Gasteiger charge is 2.20. The van der Waals surface area contributed by atoms with E-state index in [9.17, 15) is 19.8 Å². The smallest absolute Gasteiger partial charge is 0.336 e. The normalized spacial score (nSPS) is 10.6. The number of hydrogen-bond acceptors (Lipinski definition) is 6. The lowest BCUT2D eigenvalue weighted by atomic mass is 10.0. The third kappa shape index (κ3) is 6.07. The number of carboxylic acids is 2. The Morgan fingerprint density at radius 3 is 1.17 bits per heavy atom. The summed E-state index contributed by atoms with van der Waals surface area (Å²) in [5.74, 6) is -2.61. The average molecular weight is 491 g/mol. The van der Waals surface area contributed by atoms with Gasteiger partial charge in [-0.3, -0.25) is 0 Å². The number of carbonyl (C=O) groups is 2. The van der Waals surface area contributed by atoms with E-state index in [1.54, 1.807) is 0 Å². The summed E-state index contributed by atoms with van der Waals surface area (Å²) in [6, 6.07) is 18.4. The summed E-state index contributed by atoms with van der Waals surface area (Å²) in [6.45, 7) is 12.0. The molecule has 8 heteroatoms. The molecular formula is C28H34N4O4. The van der Waals surface area contributed by atoms with Crippen LogP contribution in [0.5, 0.6) is 0 Å². The van der Waals surface area contributed by atoms with Gasteiger partial charge in [0.25, 0.3) is 0 Å². The Labute approximate surface area is 212 Å². The van der Waals surface area contributed by atoms with E-state index in [0.717, 1.165) is 48.9 Å². The molecule has 0 atom stereocenters. The van der Waals surface area contributed by atoms with E-state index in [-0.39, 0.29) is 11.1 Å². The van der Waals surface area contributed by atoms with Gasteiger partial charge in [0.1, 0.15) is 0 Å². The Bertz CT molecular complexity index is 1090. The van der Waals surface area contributed by atoms with Crippen molar-refractivity contribution < 1.29 is 19.8 Å². The standard InChI is InChI=1S/C28H34N4O4/c1-5-31(6-2)21-13-9-19(10-14-21)29-25-17-23(27(33)34)24(28(35)36)18-26(25)30-20-11-15-22(16-12-20)32(7-3)8-4/h9-18,29-30H,5-8H2,1-4H3,(H,33,34)(H,35,36). The zero-order valence-corrected chi connectivity index (χ0v) is 21.2. The number of rotatable bonds is 12. The molecule has 0 heterocycles. The summed E-state index contributed by atoms with van der Waals surface area (Å²) in [4.78, 5) is 28.1. The largest absolute Gasteiger partial charge is 0.478 e. The molecule has 0 bridgehead atoms. The zero-order chi connectivity index (χ0) is 26.2. The number of anilines is 6. The van der Waals surface area contributed by atoms with Crippen molar-refractivity contribution >= 4 is 46.1 Å². The van der Waals surface area contributed by atoms with Crippen molar-refractivity contribution in [3.8, 4) is 0 Å². The van der Waals surface area contributed by atoms with Crippen LogP contribution in [-0.2, 0) is 0 Å². The van der Waals surface area contributed by atoms with Crippen molar-refractivity contribution in [2.45, 2.75) is 27.7 Å². The highest BCUT2D eigenvalue weighted by molar-refractivity contribution is 6.04. The lowest BCUT2D eigenvalue weighted by Crippen LogP contribution is -2.21. The SMILES string of the molecule is CCN(CC)c1ccc(Nc2cc(C(=O)O)c(C(=O)O)cc2Nc2ccc(N(CC)CC)cc2)cc1. The molecule has 4 N–H and O–H groups in total. The van der Waals surface area contributed by atoms with Gasteiger partial charge in [0.2, 0.25) is 0 Å². The van der Waals surface area contributed by atoms with Gasteiger partial charge < -0.3 is 30.6 Å². The van der Waals surface area contributed by atoms with Crippen molar-refractivity contribution in [3.63, 3.8) is 0 Å². The van der Waals surface area contributed by atoms with Gasteiger partial charge in [-0.2, -0.15) is 0 Å². The molecule has 0 aromatic heterocycles. The fourth-order valence-electron chi connectivity index (χ4n) is 4.16. The maximum absolute atomic E-state index is 11.8. The third-order valence-corrected chi connectivity index (χ3v) is 6.17. The molecule has 0 aliphatic carbocycles. The minimum absolute atomic E-state index is 0.285. The first kappa shape index (κ1) is 26.4. The fourth-order valence-corrected chi connectivity index (χ4v) is 4.16. The van der Waals surface area contributed by atoms with Crippen LogP contribution in [0.15, 0.2) is 60.7 Å². The number of nitrogens with zero attached hydrogens (tertiary/aromatic N) is 2. The maximum atomic E-state index is 11.8. The Morgan fingerprint density at radius 1 is 0.611 bits per heavy atom. The average Bonchev–Trinajstić information content (AvgIpc) is 2.88. The number of benzene rings is 3. The van der Waals surface area contributed by atoms with Crippen LogP contribution in [0.1, 0.15) is 48.4 Å². The van der Waals surface area contributed by atoms with Crippen molar-refractivity contribution in [1.29, 1.82) is 0 Å². The molecule has 0 spiro atoms. The first-order valence-corrected chi connectivity index (χ1v) is 12.2. The van der Waals surface area contributed by atoms with Gasteiger partial charge in [-0.05, 0) is 88.4 Å². The van der Waals surface area contributed by atoms with E-state index in [0.29, 0.717) is 11.4 Å². The molecule has 0 aliphatic heterocycles. The van der Waals surface area contributed by atoms with Crippen LogP contribution in [-0.4, -0.2) is 48.3 Å². The molecule has 0 saturated carbocycles. The van der Waals surface area contributed by atoms with E-state index in [1.807, 2.05) is 48.5 Å². The van der Waals surface area contributed by atoms with Crippen LogP contribution in [0.2, 0.25) is 0 Å². The zero-order valence-electron chi connectivity index (χ0n) is 21.2. The topological polar surface area (TPSA) is 105 Å². The highest BCUT2D eigenvalue weighted by Crippen LogP contribution is 2.33. The second-order valence-corrected chi connectivity index (χ2v) is 8.24. The van der Waals surface area contributed by atoms with Crippen LogP contribution in [0, 0.1) is 0 Å². The van der Waals surface area contributed by atoms with Crippen molar-refractivity contribution in [1.82, 2.24) is 0 Å². The van der Waals surface area contributed by atoms with Gasteiger partial charge >= 0.3 is 11.9 Å². The van der Waals surface area contributed by atoms with Gasteiger partial charge in [0.05, 0.1) is 22.5 Å². The lowest BCUT2D eigenvalue weighted by Gasteiger charge is -2.22. The highest BCUT2D eigenvalue weighted by atomic mass is 16.4. The second-order valence-electron chi connectivity index (χ2n) is 8.24. The van der Waals surface area contributed by atoms with E-state index in [1.165, 1.54) is 12.1 Å². The number of nitrogens with one attached hydrogen (secondary N) is 2. The summed E-state index contributed by atoms with van der Waals surface area (Å²) in [7, 11) is 0. The fraction of sp³-hybridized carbons (Fsp3) is 0.286.